The van der Waals surface area contributed by atoms with E-state index >= 15 is 0 Å². The lowest BCUT2D eigenvalue weighted by Crippen LogP contribution is -2.26. The minimum Gasteiger partial charge on any atom is -0.505 e. The third-order valence-corrected chi connectivity index (χ3v) is 2.84. The average Bonchev–Trinajstić information content (AvgIpc) is 2.47. The van der Waals surface area contributed by atoms with Crippen LogP contribution in [-0.4, -0.2) is 48.3 Å². The van der Waals surface area contributed by atoms with Crippen LogP contribution in [0.3, 0.4) is 0 Å². The summed E-state index contributed by atoms with van der Waals surface area (Å²) in [5, 5.41) is 17.5. The Morgan fingerprint density at radius 3 is 2.46 bits per heavy atom. The summed E-state index contributed by atoms with van der Waals surface area (Å²) in [6, 6.07) is 1.48. The summed E-state index contributed by atoms with van der Waals surface area (Å²) >= 11 is 0. The van der Waals surface area contributed by atoms with E-state index in [9.17, 15) is 23.1 Å². The monoisotopic (exact) mass is 346 g/mol. The maximum Gasteiger partial charge on any atom is 0.417 e. The van der Waals surface area contributed by atoms with Gasteiger partial charge in [-0.25, -0.2) is 4.99 Å². The molecule has 1 rings (SSSR count). The van der Waals surface area contributed by atoms with Crippen LogP contribution in [0.4, 0.5) is 18.9 Å². The lowest BCUT2D eigenvalue weighted by Gasteiger charge is -2.18. The standard InChI is InChI=1S/C14H17F3N4O3/c1-4-24-12(19)11(18)20-8-6-5-7(14(15,16)17)9(10(8)22)13(23)21(2)3/h5-6,19,22H,4H2,1-3H3,(H2,18,20). The van der Waals surface area contributed by atoms with Gasteiger partial charge in [-0.3, -0.25) is 10.2 Å². The van der Waals surface area contributed by atoms with Gasteiger partial charge in [-0.1, -0.05) is 0 Å². The smallest absolute Gasteiger partial charge is 0.417 e. The van der Waals surface area contributed by atoms with Gasteiger partial charge in [-0.15, -0.1) is 0 Å². The Balaban J connectivity index is 3.53. The van der Waals surface area contributed by atoms with Gasteiger partial charge < -0.3 is 20.5 Å². The van der Waals surface area contributed by atoms with Crippen LogP contribution in [0.5, 0.6) is 5.75 Å². The largest absolute Gasteiger partial charge is 0.505 e. The van der Waals surface area contributed by atoms with Gasteiger partial charge in [0.05, 0.1) is 17.7 Å². The molecule has 0 aromatic heterocycles. The second-order valence-corrected chi connectivity index (χ2v) is 4.81. The third kappa shape index (κ3) is 4.15. The Morgan fingerprint density at radius 1 is 1.42 bits per heavy atom. The summed E-state index contributed by atoms with van der Waals surface area (Å²) in [5.74, 6) is -2.97. The number of carbonyl (C=O) groups excluding carboxylic acids is 1. The van der Waals surface area contributed by atoms with Crippen LogP contribution in [0.25, 0.3) is 0 Å². The number of nitrogens with one attached hydrogen (secondary N) is 1. The highest BCUT2D eigenvalue weighted by Crippen LogP contribution is 2.40. The lowest BCUT2D eigenvalue weighted by molar-refractivity contribution is -0.138. The molecule has 0 saturated carbocycles. The fraction of sp³-hybridized carbons (Fsp3) is 0.357. The van der Waals surface area contributed by atoms with E-state index in [1.807, 2.05) is 0 Å². The second-order valence-electron chi connectivity index (χ2n) is 4.81. The number of phenols is 1. The van der Waals surface area contributed by atoms with Crippen LogP contribution in [-0.2, 0) is 10.9 Å². The number of amidine groups is 1. The molecule has 0 atom stereocenters. The minimum atomic E-state index is -4.84. The van der Waals surface area contributed by atoms with Gasteiger partial charge in [-0.05, 0) is 19.1 Å². The molecule has 0 saturated heterocycles. The molecule has 24 heavy (non-hydrogen) atoms. The first-order valence-electron chi connectivity index (χ1n) is 6.71. The minimum absolute atomic E-state index is 0.137. The molecule has 7 nitrogen and oxygen atoms in total. The van der Waals surface area contributed by atoms with Crippen LogP contribution < -0.4 is 5.73 Å². The van der Waals surface area contributed by atoms with Gasteiger partial charge in [0.25, 0.3) is 5.91 Å². The number of nitrogens with two attached hydrogens (primary N) is 1. The first kappa shape index (κ1) is 19.3. The Labute approximate surface area is 136 Å². The number of benzene rings is 1. The molecule has 0 aliphatic heterocycles. The first-order chi connectivity index (χ1) is 11.0. The van der Waals surface area contributed by atoms with E-state index < -0.39 is 40.7 Å². The number of aromatic hydroxyl groups is 1. The molecule has 1 amide bonds. The zero-order valence-electron chi connectivity index (χ0n) is 13.2. The SMILES string of the molecule is CCOC(=N)C(N)=Nc1ccc(C(F)(F)F)c(C(=O)N(C)C)c1O. The van der Waals surface area contributed by atoms with Crippen LogP contribution in [0.15, 0.2) is 17.1 Å². The van der Waals surface area contributed by atoms with Crippen molar-refractivity contribution in [3.63, 3.8) is 0 Å². The van der Waals surface area contributed by atoms with Crippen molar-refractivity contribution in [3.05, 3.63) is 23.3 Å². The normalized spacial score (nSPS) is 12.0. The fourth-order valence-electron chi connectivity index (χ4n) is 1.75. The molecule has 0 aliphatic rings. The lowest BCUT2D eigenvalue weighted by atomic mass is 10.0. The number of nitrogens with zero attached hydrogens (tertiary/aromatic N) is 2. The quantitative estimate of drug-likeness (QED) is 0.575. The number of ether oxygens (including phenoxy) is 1. The van der Waals surface area contributed by atoms with Gasteiger partial charge in [-0.2, -0.15) is 13.2 Å². The summed E-state index contributed by atoms with van der Waals surface area (Å²) in [5.41, 5.74) is 2.87. The molecular weight excluding hydrogens is 329 g/mol. The van der Waals surface area contributed by atoms with Crippen molar-refractivity contribution < 1.29 is 27.8 Å². The van der Waals surface area contributed by atoms with Gasteiger partial charge in [0.15, 0.2) is 11.6 Å². The van der Waals surface area contributed by atoms with E-state index in [0.29, 0.717) is 6.07 Å². The average molecular weight is 346 g/mol. The fourth-order valence-corrected chi connectivity index (χ4v) is 1.75. The van der Waals surface area contributed by atoms with Crippen molar-refractivity contribution in [1.82, 2.24) is 4.90 Å². The molecule has 0 unspecified atom stereocenters. The molecule has 10 heteroatoms. The molecule has 0 heterocycles. The predicted octanol–water partition coefficient (Wildman–Crippen LogP) is 2.12. The summed E-state index contributed by atoms with van der Waals surface area (Å²) in [7, 11) is 2.49. The number of carbonyl (C=O) groups is 1. The predicted molar refractivity (Wildman–Crippen MR) is 81.8 cm³/mol. The first-order valence-corrected chi connectivity index (χ1v) is 6.71. The van der Waals surface area contributed by atoms with E-state index in [1.165, 1.54) is 14.1 Å². The number of phenolic OH excluding ortho intramolecular Hbond substituents is 1. The van der Waals surface area contributed by atoms with Crippen molar-refractivity contribution in [1.29, 1.82) is 5.41 Å². The molecule has 1 aromatic rings. The number of aliphatic imine (C=N–C) groups is 1. The van der Waals surface area contributed by atoms with Gasteiger partial charge in [0, 0.05) is 14.1 Å². The van der Waals surface area contributed by atoms with Crippen LogP contribution >= 0.6 is 0 Å². The van der Waals surface area contributed by atoms with Crippen molar-refractivity contribution in [2.75, 3.05) is 20.7 Å². The van der Waals surface area contributed by atoms with E-state index in [2.05, 4.69) is 4.99 Å². The summed E-state index contributed by atoms with van der Waals surface area (Å²) in [4.78, 5) is 16.6. The van der Waals surface area contributed by atoms with Crippen molar-refractivity contribution in [2.24, 2.45) is 10.7 Å². The Hall–Kier alpha value is -2.78. The molecule has 0 radical (unpaired) electrons. The Kier molecular flexibility index (Phi) is 5.78. The third-order valence-electron chi connectivity index (χ3n) is 2.84. The number of amides is 1. The van der Waals surface area contributed by atoms with E-state index in [-0.39, 0.29) is 12.3 Å². The Bertz CT molecular complexity index is 685. The number of hydrogen-bond acceptors (Lipinski definition) is 5. The highest BCUT2D eigenvalue weighted by atomic mass is 19.4. The number of alkyl halides is 3. The van der Waals surface area contributed by atoms with Crippen molar-refractivity contribution in [3.8, 4) is 5.75 Å². The topological polar surface area (TPSA) is 112 Å². The molecule has 0 aliphatic carbocycles. The Morgan fingerprint density at radius 2 is 2.00 bits per heavy atom. The molecule has 4 N–H and O–H groups in total. The van der Waals surface area contributed by atoms with E-state index in [1.54, 1.807) is 6.92 Å². The zero-order valence-corrected chi connectivity index (χ0v) is 13.2. The van der Waals surface area contributed by atoms with Gasteiger partial charge >= 0.3 is 6.18 Å². The van der Waals surface area contributed by atoms with Crippen molar-refractivity contribution in [2.45, 2.75) is 13.1 Å². The van der Waals surface area contributed by atoms with Gasteiger partial charge in [0.1, 0.15) is 5.69 Å². The second kappa shape index (κ2) is 7.20. The van der Waals surface area contributed by atoms with E-state index in [0.717, 1.165) is 11.0 Å². The zero-order chi connectivity index (χ0) is 18.7. The number of halogens is 3. The summed E-state index contributed by atoms with van der Waals surface area (Å²) in [6.45, 7) is 1.74. The molecule has 0 fully saturated rings. The molecule has 0 bridgehead atoms. The maximum absolute atomic E-state index is 13.1. The molecule has 0 spiro atoms. The number of rotatable bonds is 3. The highest BCUT2D eigenvalue weighted by Gasteiger charge is 2.38. The molecular formula is C14H17F3N4O3. The highest BCUT2D eigenvalue weighted by molar-refractivity contribution is 6.36. The summed E-state index contributed by atoms with van der Waals surface area (Å²) < 4.78 is 44.0. The van der Waals surface area contributed by atoms with Crippen LogP contribution in [0.1, 0.15) is 22.8 Å². The van der Waals surface area contributed by atoms with Crippen LogP contribution in [0.2, 0.25) is 0 Å². The van der Waals surface area contributed by atoms with Crippen molar-refractivity contribution >= 4 is 23.3 Å². The number of hydrogen-bond donors (Lipinski definition) is 3. The molecule has 1 aromatic carbocycles. The summed E-state index contributed by atoms with van der Waals surface area (Å²) in [6.07, 6.45) is -4.84. The van der Waals surface area contributed by atoms with Crippen LogP contribution in [0, 0.1) is 5.41 Å². The van der Waals surface area contributed by atoms with E-state index in [4.69, 9.17) is 15.9 Å². The maximum atomic E-state index is 13.1. The van der Waals surface area contributed by atoms with Gasteiger partial charge in [0.2, 0.25) is 5.90 Å². The molecule has 132 valence electrons.